The normalized spacial score (nSPS) is 29.0. The first-order valence-electron chi connectivity index (χ1n) is 12.4. The summed E-state index contributed by atoms with van der Waals surface area (Å²) in [4.78, 5) is 17.7. The number of amides is 1. The van der Waals surface area contributed by atoms with Crippen molar-refractivity contribution in [1.82, 2.24) is 18.8 Å². The Bertz CT molecular complexity index is 1210. The van der Waals surface area contributed by atoms with Gasteiger partial charge in [-0.1, -0.05) is 24.3 Å². The summed E-state index contributed by atoms with van der Waals surface area (Å²) in [7, 11) is -3.39. The van der Waals surface area contributed by atoms with Crippen LogP contribution in [0, 0.1) is 11.3 Å². The van der Waals surface area contributed by atoms with Crippen molar-refractivity contribution in [3.63, 3.8) is 0 Å². The smallest absolute Gasteiger partial charge is 0.219 e. The molecule has 6 rings (SSSR count). The molecule has 1 aromatic heterocycles. The van der Waals surface area contributed by atoms with Gasteiger partial charge in [0.05, 0.1) is 35.6 Å². The van der Waals surface area contributed by atoms with Gasteiger partial charge in [0.25, 0.3) is 0 Å². The number of carbonyl (C=O) groups excluding carboxylic acids is 1. The molecular formula is C25H32N4O4S. The standard InChI is InChI=1S/C25H32N4O4S/c1-17(30)27-10-6-18(7-11-27)34(32,33)28-12-8-25(9-13-28)14-21(24(25)31)23-20-5-3-2-4-19(20)22-15-26-16-29(22)23/h2-5,15-16,18,21,23-24,31H,6-14H2,1H3/t21-,23?,24+/m0/s1. The molecule has 0 radical (unpaired) electrons. The third kappa shape index (κ3) is 3.20. The number of aliphatic hydroxyl groups excluding tert-OH is 1. The summed E-state index contributed by atoms with van der Waals surface area (Å²) in [5.74, 6) is 0.118. The van der Waals surface area contributed by atoms with Gasteiger partial charge in [0.15, 0.2) is 0 Å². The molecule has 3 fully saturated rings. The van der Waals surface area contributed by atoms with E-state index in [4.69, 9.17) is 0 Å². The molecular weight excluding hydrogens is 452 g/mol. The van der Waals surface area contributed by atoms with E-state index in [1.165, 1.54) is 18.1 Å². The lowest BCUT2D eigenvalue weighted by Gasteiger charge is -2.57. The fourth-order valence-corrected chi connectivity index (χ4v) is 8.87. The van der Waals surface area contributed by atoms with Crippen molar-refractivity contribution in [2.45, 2.75) is 56.4 Å². The average Bonchev–Trinajstić information content (AvgIpc) is 3.44. The summed E-state index contributed by atoms with van der Waals surface area (Å²) >= 11 is 0. The predicted octanol–water partition coefficient (Wildman–Crippen LogP) is 2.26. The van der Waals surface area contributed by atoms with Gasteiger partial charge in [-0.3, -0.25) is 4.79 Å². The van der Waals surface area contributed by atoms with Crippen LogP contribution in [0.15, 0.2) is 36.8 Å². The van der Waals surface area contributed by atoms with Gasteiger partial charge in [-0.2, -0.15) is 0 Å². The zero-order valence-electron chi connectivity index (χ0n) is 19.5. The molecule has 1 N–H and O–H groups in total. The molecule has 1 spiro atoms. The summed E-state index contributed by atoms with van der Waals surface area (Å²) in [5, 5.41) is 11.0. The van der Waals surface area contributed by atoms with Crippen LogP contribution in [0.4, 0.5) is 0 Å². The van der Waals surface area contributed by atoms with E-state index in [-0.39, 0.29) is 23.3 Å². The molecule has 8 nitrogen and oxygen atoms in total. The van der Waals surface area contributed by atoms with Crippen LogP contribution < -0.4 is 0 Å². The molecule has 9 heteroatoms. The third-order valence-electron chi connectivity index (χ3n) is 8.99. The van der Waals surface area contributed by atoms with E-state index in [2.05, 4.69) is 27.8 Å². The van der Waals surface area contributed by atoms with Crippen LogP contribution in [0.2, 0.25) is 0 Å². The number of aromatic nitrogens is 2. The Morgan fingerprint density at radius 2 is 1.82 bits per heavy atom. The first-order valence-corrected chi connectivity index (χ1v) is 13.9. The molecule has 1 unspecified atom stereocenters. The molecule has 4 aliphatic rings. The van der Waals surface area contributed by atoms with Crippen LogP contribution in [0.1, 0.15) is 50.6 Å². The van der Waals surface area contributed by atoms with E-state index >= 15 is 0 Å². The van der Waals surface area contributed by atoms with E-state index in [1.807, 2.05) is 18.6 Å². The zero-order valence-corrected chi connectivity index (χ0v) is 20.3. The molecule has 2 saturated heterocycles. The zero-order chi connectivity index (χ0) is 23.7. The minimum atomic E-state index is -3.39. The molecule has 1 aromatic carbocycles. The lowest BCUT2D eigenvalue weighted by Crippen LogP contribution is -2.60. The minimum absolute atomic E-state index is 0.0111. The van der Waals surface area contributed by atoms with Gasteiger partial charge in [0.1, 0.15) is 0 Å². The second-order valence-corrected chi connectivity index (χ2v) is 12.8. The van der Waals surface area contributed by atoms with Crippen LogP contribution in [-0.4, -0.2) is 75.7 Å². The van der Waals surface area contributed by atoms with Crippen LogP contribution >= 0.6 is 0 Å². The highest BCUT2D eigenvalue weighted by atomic mass is 32.2. The maximum atomic E-state index is 13.3. The first kappa shape index (κ1) is 22.2. The lowest BCUT2D eigenvalue weighted by atomic mass is 9.53. The second kappa shape index (κ2) is 7.90. The van der Waals surface area contributed by atoms with Crippen LogP contribution in [0.25, 0.3) is 11.3 Å². The number of hydrogen-bond donors (Lipinski definition) is 1. The number of fused-ring (bicyclic) bond motifs is 3. The van der Waals surface area contributed by atoms with Gasteiger partial charge in [-0.25, -0.2) is 17.7 Å². The minimum Gasteiger partial charge on any atom is -0.392 e. The molecule has 3 aliphatic heterocycles. The van der Waals surface area contributed by atoms with Gasteiger partial charge in [-0.15, -0.1) is 0 Å². The summed E-state index contributed by atoms with van der Waals surface area (Å²) in [6.45, 7) is 3.49. The van der Waals surface area contributed by atoms with Crippen molar-refractivity contribution in [2.24, 2.45) is 11.3 Å². The van der Waals surface area contributed by atoms with Gasteiger partial charge in [0.2, 0.25) is 15.9 Å². The molecule has 0 bridgehead atoms. The Balaban J connectivity index is 1.13. The molecule has 4 heterocycles. The lowest BCUT2D eigenvalue weighted by molar-refractivity contribution is -0.152. The van der Waals surface area contributed by atoms with E-state index in [0.29, 0.717) is 51.9 Å². The van der Waals surface area contributed by atoms with Crippen LogP contribution in [0.3, 0.4) is 0 Å². The van der Waals surface area contributed by atoms with Crippen molar-refractivity contribution in [3.05, 3.63) is 42.4 Å². The molecule has 3 atom stereocenters. The fourth-order valence-electron chi connectivity index (χ4n) is 6.95. The molecule has 1 amide bonds. The molecule has 34 heavy (non-hydrogen) atoms. The molecule has 1 aliphatic carbocycles. The number of benzene rings is 1. The highest BCUT2D eigenvalue weighted by molar-refractivity contribution is 7.89. The molecule has 2 aromatic rings. The van der Waals surface area contributed by atoms with E-state index in [0.717, 1.165) is 12.1 Å². The van der Waals surface area contributed by atoms with Gasteiger partial charge >= 0.3 is 0 Å². The van der Waals surface area contributed by atoms with E-state index in [9.17, 15) is 18.3 Å². The average molecular weight is 485 g/mol. The number of likely N-dealkylation sites (tertiary alicyclic amines) is 1. The number of imidazole rings is 1. The number of aliphatic hydroxyl groups is 1. The molecule has 1 saturated carbocycles. The largest absolute Gasteiger partial charge is 0.392 e. The van der Waals surface area contributed by atoms with Gasteiger partial charge in [0, 0.05) is 44.6 Å². The second-order valence-electron chi connectivity index (χ2n) is 10.5. The van der Waals surface area contributed by atoms with Crippen molar-refractivity contribution in [1.29, 1.82) is 0 Å². The van der Waals surface area contributed by atoms with E-state index < -0.39 is 21.4 Å². The maximum Gasteiger partial charge on any atom is 0.219 e. The van der Waals surface area contributed by atoms with Crippen molar-refractivity contribution in [2.75, 3.05) is 26.2 Å². The summed E-state index contributed by atoms with van der Waals surface area (Å²) in [5.41, 5.74) is 3.34. The Morgan fingerprint density at radius 3 is 2.50 bits per heavy atom. The van der Waals surface area contributed by atoms with Gasteiger partial charge in [-0.05, 0) is 43.1 Å². The number of sulfonamides is 1. The monoisotopic (exact) mass is 484 g/mol. The Hall–Kier alpha value is -2.23. The third-order valence-corrected chi connectivity index (χ3v) is 11.4. The highest BCUT2D eigenvalue weighted by Gasteiger charge is 2.58. The summed E-state index contributed by atoms with van der Waals surface area (Å²) < 4.78 is 30.4. The Morgan fingerprint density at radius 1 is 1.12 bits per heavy atom. The summed E-state index contributed by atoms with van der Waals surface area (Å²) in [6, 6.07) is 8.45. The van der Waals surface area contributed by atoms with Crippen LogP contribution in [-0.2, 0) is 14.8 Å². The SMILES string of the molecule is CC(=O)N1CCC(S(=O)(=O)N2CCC3(CC2)C[C@@H](C2c4ccccc4-c4cncn42)[C@H]3O)CC1. The quantitative estimate of drug-likeness (QED) is 0.721. The van der Waals surface area contributed by atoms with Crippen molar-refractivity contribution in [3.8, 4) is 11.3 Å². The number of piperidine rings is 2. The number of rotatable bonds is 3. The predicted molar refractivity (Wildman–Crippen MR) is 127 cm³/mol. The summed E-state index contributed by atoms with van der Waals surface area (Å²) in [6.07, 6.45) is 6.60. The van der Waals surface area contributed by atoms with Crippen LogP contribution in [0.5, 0.6) is 0 Å². The maximum absolute atomic E-state index is 13.3. The first-order chi connectivity index (χ1) is 16.3. The van der Waals surface area contributed by atoms with Crippen molar-refractivity contribution < 1.29 is 18.3 Å². The topological polar surface area (TPSA) is 95.7 Å². The van der Waals surface area contributed by atoms with E-state index in [1.54, 1.807) is 9.21 Å². The number of nitrogens with zero attached hydrogens (tertiary/aromatic N) is 4. The van der Waals surface area contributed by atoms with Crippen molar-refractivity contribution >= 4 is 15.9 Å². The Kier molecular flexibility index (Phi) is 5.17. The Labute approximate surface area is 200 Å². The molecule has 182 valence electrons. The highest BCUT2D eigenvalue weighted by Crippen LogP contribution is 2.59. The van der Waals surface area contributed by atoms with Gasteiger partial charge < -0.3 is 14.6 Å². The number of hydrogen-bond acceptors (Lipinski definition) is 5. The fraction of sp³-hybridized carbons (Fsp3) is 0.600. The number of carbonyl (C=O) groups is 1.